The van der Waals surface area contributed by atoms with E-state index in [-0.39, 0.29) is 0 Å². The van der Waals surface area contributed by atoms with Crippen molar-refractivity contribution in [3.63, 3.8) is 0 Å². The number of anilines is 6. The largest absolute Gasteiger partial charge is 0.454 e. The highest BCUT2D eigenvalue weighted by Gasteiger charge is 2.24. The maximum Gasteiger partial charge on any atom is 0.159 e. The molecule has 0 bridgehead atoms. The Labute approximate surface area is 344 Å². The van der Waals surface area contributed by atoms with Gasteiger partial charge in [0.1, 0.15) is 11.2 Å². The Bertz CT molecular complexity index is 3590. The van der Waals surface area contributed by atoms with Crippen molar-refractivity contribution in [2.75, 3.05) is 9.80 Å². The standard InChI is InChI=1S/C54H36N2O2S/c1-33-21-25-35(26-22-33)55(45-17-9-15-42-39-12-5-7-19-48(39)57-53(42)45)37-29-30-44-50(31-37)59-51-32-47(38-11-3-4-14-41(38)52(44)51)56(36-27-23-34(2)24-28-36)46-18-10-16-43-40-13-6-8-20-49(40)58-54(43)46/h3-32H,1-2H3. The van der Waals surface area contributed by atoms with E-state index in [0.29, 0.717) is 0 Å². The van der Waals surface area contributed by atoms with Crippen LogP contribution in [0.5, 0.6) is 0 Å². The second kappa shape index (κ2) is 13.1. The smallest absolute Gasteiger partial charge is 0.159 e. The van der Waals surface area contributed by atoms with Gasteiger partial charge >= 0.3 is 0 Å². The van der Waals surface area contributed by atoms with Gasteiger partial charge in [-0.1, -0.05) is 126 Å². The molecule has 3 heterocycles. The number of hydrogen-bond acceptors (Lipinski definition) is 5. The first-order valence-electron chi connectivity index (χ1n) is 20.0. The average molecular weight is 777 g/mol. The molecule has 0 unspecified atom stereocenters. The Morgan fingerprint density at radius 1 is 0.356 bits per heavy atom. The zero-order valence-corrected chi connectivity index (χ0v) is 33.3. The lowest BCUT2D eigenvalue weighted by molar-refractivity contribution is 0.668. The lowest BCUT2D eigenvalue weighted by Crippen LogP contribution is -2.11. The first-order valence-corrected chi connectivity index (χ1v) is 20.8. The SMILES string of the molecule is Cc1ccc(N(c2ccc3c(c2)sc2cc(N(c4ccc(C)cc4)c4cccc5c4oc4ccccc45)c4ccccc4c23)c2cccc3c2oc2ccccc23)cc1. The van der Waals surface area contributed by atoms with E-state index in [9.17, 15) is 0 Å². The molecular weight excluding hydrogens is 741 g/mol. The van der Waals surface area contributed by atoms with Crippen molar-refractivity contribution >= 4 is 120 Å². The summed E-state index contributed by atoms with van der Waals surface area (Å²) in [6.07, 6.45) is 0. The van der Waals surface area contributed by atoms with Crippen molar-refractivity contribution in [2.24, 2.45) is 0 Å². The van der Waals surface area contributed by atoms with Crippen LogP contribution in [0.2, 0.25) is 0 Å². The number of hydrogen-bond donors (Lipinski definition) is 0. The molecule has 0 N–H and O–H groups in total. The van der Waals surface area contributed by atoms with Crippen LogP contribution >= 0.6 is 11.3 Å². The number of rotatable bonds is 6. The number of thiophene rings is 1. The van der Waals surface area contributed by atoms with Gasteiger partial charge in [0.2, 0.25) is 0 Å². The third-order valence-corrected chi connectivity index (χ3v) is 12.9. The minimum atomic E-state index is 0.870. The van der Waals surface area contributed by atoms with E-state index < -0.39 is 0 Å². The predicted octanol–water partition coefficient (Wildman–Crippen LogP) is 16.6. The van der Waals surface area contributed by atoms with Gasteiger partial charge in [-0.15, -0.1) is 11.3 Å². The molecule has 0 saturated carbocycles. The van der Waals surface area contributed by atoms with Crippen LogP contribution < -0.4 is 9.80 Å². The van der Waals surface area contributed by atoms with E-state index in [1.54, 1.807) is 0 Å². The summed E-state index contributed by atoms with van der Waals surface area (Å²) in [4.78, 5) is 4.72. The minimum absolute atomic E-state index is 0.870. The summed E-state index contributed by atoms with van der Waals surface area (Å²) in [6.45, 7) is 4.27. The predicted molar refractivity (Wildman–Crippen MR) is 250 cm³/mol. The first-order chi connectivity index (χ1) is 29.1. The molecule has 0 radical (unpaired) electrons. The molecule has 0 atom stereocenters. The molecule has 0 fully saturated rings. The molecule has 5 heteroatoms. The van der Waals surface area contributed by atoms with Crippen molar-refractivity contribution in [2.45, 2.75) is 13.8 Å². The fourth-order valence-corrected chi connectivity index (χ4v) is 10.2. The number of para-hydroxylation sites is 4. The van der Waals surface area contributed by atoms with E-state index in [4.69, 9.17) is 8.83 Å². The molecule has 4 nitrogen and oxygen atoms in total. The van der Waals surface area contributed by atoms with Crippen molar-refractivity contribution < 1.29 is 8.83 Å². The number of fused-ring (bicyclic) bond motifs is 11. The monoisotopic (exact) mass is 776 g/mol. The van der Waals surface area contributed by atoms with Crippen LogP contribution in [0, 0.1) is 13.8 Å². The first kappa shape index (κ1) is 33.8. The summed E-state index contributed by atoms with van der Waals surface area (Å²) in [5, 5.41) is 9.34. The molecule has 0 amide bonds. The van der Waals surface area contributed by atoms with Gasteiger partial charge < -0.3 is 18.6 Å². The molecule has 280 valence electrons. The van der Waals surface area contributed by atoms with E-state index in [0.717, 1.165) is 78.0 Å². The molecule has 3 aromatic heterocycles. The van der Waals surface area contributed by atoms with Gasteiger partial charge in [-0.2, -0.15) is 0 Å². The second-order valence-electron chi connectivity index (χ2n) is 15.4. The Balaban J connectivity index is 1.09. The van der Waals surface area contributed by atoms with E-state index in [2.05, 4.69) is 187 Å². The minimum Gasteiger partial charge on any atom is -0.454 e. The highest BCUT2D eigenvalue weighted by Crippen LogP contribution is 2.50. The quantitative estimate of drug-likeness (QED) is 0.168. The molecule has 59 heavy (non-hydrogen) atoms. The molecule has 12 rings (SSSR count). The van der Waals surface area contributed by atoms with Crippen molar-refractivity contribution in [1.29, 1.82) is 0 Å². The molecule has 0 saturated heterocycles. The zero-order valence-electron chi connectivity index (χ0n) is 32.4. The van der Waals surface area contributed by atoms with Crippen LogP contribution in [-0.2, 0) is 0 Å². The fraction of sp³-hybridized carbons (Fsp3) is 0.0370. The second-order valence-corrected chi connectivity index (χ2v) is 16.5. The molecule has 0 spiro atoms. The molecular formula is C54H36N2O2S. The van der Waals surface area contributed by atoms with E-state index >= 15 is 0 Å². The Morgan fingerprint density at radius 3 is 1.46 bits per heavy atom. The number of aryl methyl sites for hydroxylation is 2. The average Bonchev–Trinajstić information content (AvgIpc) is 3.97. The molecule has 0 aliphatic rings. The summed E-state index contributed by atoms with van der Waals surface area (Å²) < 4.78 is 15.8. The number of furan rings is 2. The summed E-state index contributed by atoms with van der Waals surface area (Å²) in [5.74, 6) is 0. The topological polar surface area (TPSA) is 32.8 Å². The van der Waals surface area contributed by atoms with Crippen LogP contribution in [-0.4, -0.2) is 0 Å². The summed E-state index contributed by atoms with van der Waals surface area (Å²) in [6, 6.07) is 65.3. The van der Waals surface area contributed by atoms with Gasteiger partial charge in [0.25, 0.3) is 0 Å². The van der Waals surface area contributed by atoms with Crippen LogP contribution in [0.25, 0.3) is 74.8 Å². The molecule has 0 aliphatic carbocycles. The number of nitrogens with zero attached hydrogens (tertiary/aromatic N) is 2. The Kier molecular flexibility index (Phi) is 7.50. The van der Waals surface area contributed by atoms with Crippen LogP contribution in [0.15, 0.2) is 191 Å². The van der Waals surface area contributed by atoms with Gasteiger partial charge in [0.15, 0.2) is 11.2 Å². The van der Waals surface area contributed by atoms with Gasteiger partial charge in [0, 0.05) is 64.2 Å². The van der Waals surface area contributed by atoms with Gasteiger partial charge in [0.05, 0.1) is 17.1 Å². The van der Waals surface area contributed by atoms with Crippen molar-refractivity contribution in [1.82, 2.24) is 0 Å². The third-order valence-electron chi connectivity index (χ3n) is 11.8. The molecule has 9 aromatic carbocycles. The van der Waals surface area contributed by atoms with Crippen LogP contribution in [0.3, 0.4) is 0 Å². The lowest BCUT2D eigenvalue weighted by atomic mass is 10.00. The lowest BCUT2D eigenvalue weighted by Gasteiger charge is -2.27. The van der Waals surface area contributed by atoms with Gasteiger partial charge in [-0.25, -0.2) is 0 Å². The van der Waals surface area contributed by atoms with Gasteiger partial charge in [-0.05, 0) is 86.0 Å². The highest BCUT2D eigenvalue weighted by molar-refractivity contribution is 7.26. The van der Waals surface area contributed by atoms with Crippen LogP contribution in [0.1, 0.15) is 11.1 Å². The normalized spacial score (nSPS) is 11.9. The van der Waals surface area contributed by atoms with Gasteiger partial charge in [-0.3, -0.25) is 0 Å². The highest BCUT2D eigenvalue weighted by atomic mass is 32.1. The maximum absolute atomic E-state index is 6.69. The summed E-state index contributed by atoms with van der Waals surface area (Å²) in [7, 11) is 0. The van der Waals surface area contributed by atoms with Crippen molar-refractivity contribution in [3.8, 4) is 0 Å². The van der Waals surface area contributed by atoms with E-state index in [1.165, 1.54) is 42.1 Å². The number of benzene rings is 9. The fourth-order valence-electron chi connectivity index (χ4n) is 8.97. The van der Waals surface area contributed by atoms with Crippen LogP contribution in [0.4, 0.5) is 34.1 Å². The molecule has 0 aliphatic heterocycles. The summed E-state index contributed by atoms with van der Waals surface area (Å²) >= 11 is 1.84. The zero-order chi connectivity index (χ0) is 39.2. The maximum atomic E-state index is 6.69. The Morgan fingerprint density at radius 2 is 0.847 bits per heavy atom. The Hall–Kier alpha value is -7.34. The van der Waals surface area contributed by atoms with E-state index in [1.807, 2.05) is 29.5 Å². The summed E-state index contributed by atoms with van der Waals surface area (Å²) in [5.41, 5.74) is 12.3. The molecule has 12 aromatic rings. The van der Waals surface area contributed by atoms with Crippen molar-refractivity contribution in [3.05, 3.63) is 193 Å². The third kappa shape index (κ3) is 5.28.